The number of ether oxygens (including phenoxy) is 2. The van der Waals surface area contributed by atoms with Crippen LogP contribution in [0.2, 0.25) is 0 Å². The number of rotatable bonds is 17. The lowest BCUT2D eigenvalue weighted by Gasteiger charge is -2.34. The first-order chi connectivity index (χ1) is 42.6. The monoisotopic (exact) mass is 1250 g/mol. The number of halogens is 1. The van der Waals surface area contributed by atoms with Crippen LogP contribution in [0.25, 0.3) is 11.6 Å². The molecule has 22 nitrogen and oxygen atoms in total. The molecule has 9 heterocycles. The molecular formula is C64H79FN14O8S2. The second-order valence-corrected chi connectivity index (χ2v) is 31.1. The third-order valence-corrected chi connectivity index (χ3v) is 24.0. The van der Waals surface area contributed by atoms with Gasteiger partial charge in [0.2, 0.25) is 17.7 Å². The summed E-state index contributed by atoms with van der Waals surface area (Å²) in [5.74, 6) is 3.02. The first-order valence-corrected chi connectivity index (χ1v) is 34.7. The van der Waals surface area contributed by atoms with Crippen LogP contribution < -0.4 is 39.8 Å². The number of aromatic nitrogens is 8. The SMILES string of the molecule is CC1(C)C[C@@H]2CCCNc3cccc(n3)S(=O)(=O)NC(=O)c3ccc(-n4ccc(OCCC5C6(CC6)C56CC6)n4)nc3N1C2.CC1(C)C[C@H](CCCN)CN1c1nc(-n2ccc(OCCC3C4(CC4)C34CC4)n2)ccc1C(=O)NS(=O)(=O)c1cccc(F)n1. The molecule has 6 aliphatic carbocycles. The minimum Gasteiger partial charge on any atom is -0.477 e. The van der Waals surface area contributed by atoms with Gasteiger partial charge in [0, 0.05) is 55.2 Å². The maximum Gasteiger partial charge on any atom is 0.281 e. The Morgan fingerprint density at radius 1 is 0.719 bits per heavy atom. The maximum absolute atomic E-state index is 13.7. The van der Waals surface area contributed by atoms with Crippen molar-refractivity contribution in [2.75, 3.05) is 54.5 Å². The quantitative estimate of drug-likeness (QED) is 0.0621. The minimum absolute atomic E-state index is 0.0716. The number of anilines is 3. The molecule has 5 N–H and O–H groups in total. The van der Waals surface area contributed by atoms with Crippen molar-refractivity contribution in [2.45, 2.75) is 152 Å². The number of hydrogen-bond acceptors (Lipinski definition) is 18. The molecular weight excluding hydrogens is 1180 g/mol. The van der Waals surface area contributed by atoms with E-state index in [0.29, 0.717) is 114 Å². The number of nitrogens with one attached hydrogen (secondary N) is 3. The number of amides is 2. The van der Waals surface area contributed by atoms with E-state index in [1.54, 1.807) is 58.0 Å². The highest BCUT2D eigenvalue weighted by atomic mass is 32.2. The Bertz CT molecular complexity index is 3950. The Labute approximate surface area is 518 Å². The molecule has 6 saturated carbocycles. The molecule has 4 bridgehead atoms. The molecule has 3 aliphatic heterocycles. The summed E-state index contributed by atoms with van der Waals surface area (Å²) in [6.45, 7) is 12.3. The highest BCUT2D eigenvalue weighted by Crippen LogP contribution is 2.94. The molecule has 6 aromatic rings. The van der Waals surface area contributed by atoms with Gasteiger partial charge in [-0.2, -0.15) is 21.2 Å². The summed E-state index contributed by atoms with van der Waals surface area (Å²) < 4.78 is 85.7. The molecule has 2 saturated heterocycles. The van der Waals surface area contributed by atoms with E-state index in [1.807, 2.05) is 12.3 Å². The number of nitrogens with two attached hydrogens (primary N) is 1. The third kappa shape index (κ3) is 11.0. The molecule has 9 aliphatic rings. The second kappa shape index (κ2) is 21.7. The lowest BCUT2D eigenvalue weighted by molar-refractivity contribution is 0.0972. The van der Waals surface area contributed by atoms with Crippen LogP contribution in [0.15, 0.2) is 95.2 Å². The van der Waals surface area contributed by atoms with Crippen molar-refractivity contribution < 1.29 is 40.3 Å². The summed E-state index contributed by atoms with van der Waals surface area (Å²) in [5.41, 5.74) is 7.99. The zero-order valence-corrected chi connectivity index (χ0v) is 52.6. The van der Waals surface area contributed by atoms with Crippen molar-refractivity contribution in [1.82, 2.24) is 48.9 Å². The van der Waals surface area contributed by atoms with Crippen LogP contribution in [-0.2, 0) is 20.0 Å². The lowest BCUT2D eigenvalue weighted by Crippen LogP contribution is -2.41. The maximum atomic E-state index is 13.7. The van der Waals surface area contributed by atoms with Gasteiger partial charge in [0.05, 0.1) is 24.3 Å². The highest BCUT2D eigenvalue weighted by molar-refractivity contribution is 7.90. The molecule has 4 spiro atoms. The van der Waals surface area contributed by atoms with Gasteiger partial charge in [0.15, 0.2) is 21.7 Å². The van der Waals surface area contributed by atoms with Crippen LogP contribution in [0.4, 0.5) is 21.8 Å². The van der Waals surface area contributed by atoms with Crippen molar-refractivity contribution >= 4 is 49.3 Å². The Balaban J connectivity index is 0.000000156. The smallest absolute Gasteiger partial charge is 0.281 e. The third-order valence-electron chi connectivity index (χ3n) is 21.5. The van der Waals surface area contributed by atoms with Gasteiger partial charge in [-0.3, -0.25) is 9.59 Å². The predicted octanol–water partition coefficient (Wildman–Crippen LogP) is 8.77. The first-order valence-electron chi connectivity index (χ1n) is 31.7. The Kier molecular flexibility index (Phi) is 14.5. The second-order valence-electron chi connectivity index (χ2n) is 27.8. The van der Waals surface area contributed by atoms with Gasteiger partial charge < -0.3 is 30.3 Å². The van der Waals surface area contributed by atoms with Crippen LogP contribution in [-0.4, -0.2) is 119 Å². The van der Waals surface area contributed by atoms with Crippen LogP contribution in [0.5, 0.6) is 11.8 Å². The first kappa shape index (κ1) is 59.4. The number of nitrogens with zero attached hydrogens (tertiary/aromatic N) is 10. The molecule has 2 atom stereocenters. The number of pyridine rings is 4. The van der Waals surface area contributed by atoms with E-state index in [4.69, 9.17) is 25.2 Å². The fourth-order valence-electron chi connectivity index (χ4n) is 16.8. The summed E-state index contributed by atoms with van der Waals surface area (Å²) in [6, 6.07) is 18.2. The standard InChI is InChI=1S/C32H40FN7O4S.C32H39N7O4S/c1-30(2)19-21(5-4-16-34)20-39(30)28-22(29(41)38-45(42,43)27-7-3-6-24(33)35-27)8-9-25(36-28)40-17-10-26(37-40)44-18-11-23-31(12-13-31)32(23)14-15-32;1-30(2)19-21-5-4-16-33-24-6-3-7-27(34-24)44(41,42)37-29(40)22-8-9-25(35-28(22)38(30)20-21)39-17-10-26(36-39)43-18-11-23-31(12-13-31)32(23)14-15-32/h3,6-10,17,21,23H,4-5,11-16,18-20,34H2,1-2H3,(H,38,41);3,6-10,17,21,23H,4-5,11-16,18-20H2,1-2H3,(H,33,34)(H,37,40)/t2*21-/m00/s1. The number of sulfonamides is 2. The van der Waals surface area contributed by atoms with Gasteiger partial charge in [-0.1, -0.05) is 12.1 Å². The number of carbonyl (C=O) groups excluding carboxylic acids is 2. The Hall–Kier alpha value is -7.25. The van der Waals surface area contributed by atoms with Crippen LogP contribution in [0, 0.1) is 51.3 Å². The van der Waals surface area contributed by atoms with Gasteiger partial charge >= 0.3 is 0 Å². The van der Waals surface area contributed by atoms with E-state index in [9.17, 15) is 30.8 Å². The minimum atomic E-state index is -4.44. The van der Waals surface area contributed by atoms with Crippen molar-refractivity contribution in [3.05, 3.63) is 102 Å². The fourth-order valence-corrected chi connectivity index (χ4v) is 18.6. The molecule has 15 rings (SSSR count). The molecule has 0 radical (unpaired) electrons. The summed E-state index contributed by atoms with van der Waals surface area (Å²) in [5, 5.41) is 11.7. The summed E-state index contributed by atoms with van der Waals surface area (Å²) in [6.07, 6.45) is 22.3. The average Bonchev–Trinajstić information content (AvgIpc) is 1.46. The largest absolute Gasteiger partial charge is 0.477 e. The van der Waals surface area contributed by atoms with Crippen LogP contribution >= 0.6 is 0 Å². The molecule has 8 fully saturated rings. The van der Waals surface area contributed by atoms with Crippen molar-refractivity contribution in [3.8, 4) is 23.4 Å². The zero-order chi connectivity index (χ0) is 61.9. The number of carbonyl (C=O) groups is 2. The average molecular weight is 1260 g/mol. The molecule has 0 aromatic carbocycles. The van der Waals surface area contributed by atoms with E-state index < -0.39 is 42.8 Å². The molecule has 2 amide bonds. The molecule has 25 heteroatoms. The molecule has 0 unspecified atom stereocenters. The summed E-state index contributed by atoms with van der Waals surface area (Å²) >= 11 is 0. The van der Waals surface area contributed by atoms with Crippen molar-refractivity contribution in [3.63, 3.8) is 0 Å². The summed E-state index contributed by atoms with van der Waals surface area (Å²) in [4.78, 5) is 48.9. The van der Waals surface area contributed by atoms with Crippen LogP contribution in [0.3, 0.4) is 0 Å². The van der Waals surface area contributed by atoms with Crippen LogP contribution in [0.1, 0.15) is 151 Å². The van der Waals surface area contributed by atoms with Gasteiger partial charge in [-0.25, -0.2) is 38.7 Å². The molecule has 472 valence electrons. The van der Waals surface area contributed by atoms with Crippen molar-refractivity contribution in [2.24, 2.45) is 51.1 Å². The lowest BCUT2D eigenvalue weighted by atomic mass is 9.93. The van der Waals surface area contributed by atoms with Gasteiger partial charge in [-0.15, -0.1) is 10.2 Å². The van der Waals surface area contributed by atoms with E-state index in [1.165, 1.54) is 63.5 Å². The molecule has 6 aromatic heterocycles. The highest BCUT2D eigenvalue weighted by Gasteiger charge is 2.86. The van der Waals surface area contributed by atoms with Gasteiger partial charge in [-0.05, 0) is 231 Å². The summed E-state index contributed by atoms with van der Waals surface area (Å²) in [7, 11) is -8.66. The number of hydrogen-bond donors (Lipinski definition) is 4. The topological polar surface area (TPSA) is 277 Å². The number of fused-ring (bicyclic) bond motifs is 8. The molecule has 89 heavy (non-hydrogen) atoms. The predicted molar refractivity (Wildman–Crippen MR) is 329 cm³/mol. The normalized spacial score (nSPS) is 23.7. The fraction of sp³-hybridized carbons (Fsp3) is 0.562. The van der Waals surface area contributed by atoms with Gasteiger partial charge in [0.1, 0.15) is 17.5 Å². The van der Waals surface area contributed by atoms with Gasteiger partial charge in [0.25, 0.3) is 31.9 Å². The van der Waals surface area contributed by atoms with Crippen molar-refractivity contribution in [1.29, 1.82) is 0 Å². The van der Waals surface area contributed by atoms with E-state index in [0.717, 1.165) is 75.3 Å². The van der Waals surface area contributed by atoms with E-state index in [-0.39, 0.29) is 27.2 Å². The van der Waals surface area contributed by atoms with E-state index in [2.05, 4.69) is 72.4 Å². The Morgan fingerprint density at radius 3 is 1.91 bits per heavy atom. The Morgan fingerprint density at radius 2 is 1.30 bits per heavy atom. The zero-order valence-electron chi connectivity index (χ0n) is 51.0. The van der Waals surface area contributed by atoms with E-state index >= 15 is 0 Å².